The van der Waals surface area contributed by atoms with Crippen LogP contribution in [0.15, 0.2) is 60.7 Å². The number of benzene rings is 2. The molecule has 4 rings (SSSR count). The molecule has 0 atom stereocenters. The fraction of sp³-hybridized carbons (Fsp3) is 0.520. The molecular weight excluding hydrogens is 328 g/mol. The Hall–Kier alpha value is -1.96. The Morgan fingerprint density at radius 3 is 1.26 bits per heavy atom. The van der Waals surface area contributed by atoms with Crippen molar-refractivity contribution in [3.63, 3.8) is 0 Å². The first kappa shape index (κ1) is 18.4. The molecule has 2 saturated carbocycles. The Morgan fingerprint density at radius 1 is 0.519 bits per heavy atom. The zero-order chi connectivity index (χ0) is 18.3. The summed E-state index contributed by atoms with van der Waals surface area (Å²) in [7, 11) is 0. The van der Waals surface area contributed by atoms with Gasteiger partial charge in [-0.05, 0) is 49.9 Å². The Labute approximate surface area is 165 Å². The molecule has 0 unspecified atom stereocenters. The van der Waals surface area contributed by atoms with Crippen LogP contribution in [0.2, 0.25) is 0 Å². The van der Waals surface area contributed by atoms with Gasteiger partial charge < -0.3 is 9.80 Å². The summed E-state index contributed by atoms with van der Waals surface area (Å²) in [5.41, 5.74) is 2.78. The lowest BCUT2D eigenvalue weighted by Crippen LogP contribution is -2.49. The van der Waals surface area contributed by atoms with Crippen molar-refractivity contribution in [2.75, 3.05) is 16.5 Å². The minimum absolute atomic E-state index is 0.677. The van der Waals surface area contributed by atoms with Crippen LogP contribution in [0.4, 0.5) is 11.4 Å². The molecule has 0 aliphatic heterocycles. The first-order chi connectivity index (χ1) is 13.4. The van der Waals surface area contributed by atoms with E-state index < -0.39 is 0 Å². The molecular formula is C25H34N2. The van der Waals surface area contributed by atoms with Gasteiger partial charge in [0.2, 0.25) is 0 Å². The van der Waals surface area contributed by atoms with Crippen molar-refractivity contribution in [3.05, 3.63) is 60.7 Å². The fourth-order valence-corrected chi connectivity index (χ4v) is 5.00. The molecule has 0 saturated heterocycles. The van der Waals surface area contributed by atoms with Crippen molar-refractivity contribution in [3.8, 4) is 0 Å². The third-order valence-electron chi connectivity index (χ3n) is 6.51. The summed E-state index contributed by atoms with van der Waals surface area (Å²) in [5, 5.41) is 0. The van der Waals surface area contributed by atoms with E-state index in [9.17, 15) is 0 Å². The van der Waals surface area contributed by atoms with Crippen LogP contribution in [0.1, 0.15) is 64.2 Å². The molecule has 0 radical (unpaired) electrons. The van der Waals surface area contributed by atoms with E-state index in [1.54, 1.807) is 0 Å². The van der Waals surface area contributed by atoms with E-state index in [2.05, 4.69) is 70.5 Å². The van der Waals surface area contributed by atoms with Crippen molar-refractivity contribution in [2.45, 2.75) is 76.3 Å². The predicted molar refractivity (Wildman–Crippen MR) is 116 cm³/mol. The molecule has 2 nitrogen and oxygen atoms in total. The van der Waals surface area contributed by atoms with Gasteiger partial charge in [-0.1, -0.05) is 74.9 Å². The second-order valence-corrected chi connectivity index (χ2v) is 8.34. The van der Waals surface area contributed by atoms with E-state index >= 15 is 0 Å². The summed E-state index contributed by atoms with van der Waals surface area (Å²) in [5.74, 6) is 0. The summed E-state index contributed by atoms with van der Waals surface area (Å²) < 4.78 is 0. The lowest BCUT2D eigenvalue weighted by Gasteiger charge is -2.44. The van der Waals surface area contributed by atoms with Crippen molar-refractivity contribution in [1.82, 2.24) is 0 Å². The summed E-state index contributed by atoms with van der Waals surface area (Å²) in [4.78, 5) is 5.42. The summed E-state index contributed by atoms with van der Waals surface area (Å²) in [6, 6.07) is 23.6. The lowest BCUT2D eigenvalue weighted by atomic mass is 9.92. The van der Waals surface area contributed by atoms with Gasteiger partial charge >= 0.3 is 0 Å². The largest absolute Gasteiger partial charge is 0.351 e. The van der Waals surface area contributed by atoms with Gasteiger partial charge in [-0.3, -0.25) is 0 Å². The average Bonchev–Trinajstić information content (AvgIpc) is 2.77. The van der Waals surface area contributed by atoms with Gasteiger partial charge in [-0.2, -0.15) is 0 Å². The van der Waals surface area contributed by atoms with E-state index in [1.807, 2.05) is 0 Å². The highest BCUT2D eigenvalue weighted by molar-refractivity contribution is 5.53. The normalized spacial score (nSPS) is 19.0. The lowest BCUT2D eigenvalue weighted by molar-refractivity contribution is 0.382. The van der Waals surface area contributed by atoms with Gasteiger partial charge in [0.25, 0.3) is 0 Å². The van der Waals surface area contributed by atoms with Gasteiger partial charge in [0.1, 0.15) is 0 Å². The quantitative estimate of drug-likeness (QED) is 0.533. The highest BCUT2D eigenvalue weighted by Gasteiger charge is 2.27. The van der Waals surface area contributed by atoms with Crippen molar-refractivity contribution >= 4 is 11.4 Å². The van der Waals surface area contributed by atoms with Crippen LogP contribution >= 0.6 is 0 Å². The SMILES string of the molecule is c1ccc(N(CN(c2ccccc2)C2CCCCC2)C2CCCCC2)cc1. The minimum atomic E-state index is 0.677. The summed E-state index contributed by atoms with van der Waals surface area (Å²) in [6.45, 7) is 1.02. The Kier molecular flexibility index (Phi) is 6.34. The van der Waals surface area contributed by atoms with Crippen LogP contribution in [-0.4, -0.2) is 18.8 Å². The molecule has 2 fully saturated rings. The number of para-hydroxylation sites is 2. The topological polar surface area (TPSA) is 6.48 Å². The molecule has 0 N–H and O–H groups in total. The summed E-state index contributed by atoms with van der Waals surface area (Å²) in [6.07, 6.45) is 13.7. The number of nitrogens with zero attached hydrogens (tertiary/aromatic N) is 2. The van der Waals surface area contributed by atoms with E-state index in [4.69, 9.17) is 0 Å². The van der Waals surface area contributed by atoms with Crippen molar-refractivity contribution in [1.29, 1.82) is 0 Å². The predicted octanol–water partition coefficient (Wildman–Crippen LogP) is 6.62. The highest BCUT2D eigenvalue weighted by atomic mass is 15.3. The highest BCUT2D eigenvalue weighted by Crippen LogP contribution is 2.32. The van der Waals surface area contributed by atoms with Crippen LogP contribution in [0.25, 0.3) is 0 Å². The summed E-state index contributed by atoms with van der Waals surface area (Å²) >= 11 is 0. The molecule has 0 heterocycles. The Morgan fingerprint density at radius 2 is 0.889 bits per heavy atom. The maximum atomic E-state index is 2.71. The smallest absolute Gasteiger partial charge is 0.0908 e. The van der Waals surface area contributed by atoms with Crippen LogP contribution in [0, 0.1) is 0 Å². The van der Waals surface area contributed by atoms with E-state index in [0.29, 0.717) is 12.1 Å². The monoisotopic (exact) mass is 362 g/mol. The van der Waals surface area contributed by atoms with Gasteiger partial charge in [-0.15, -0.1) is 0 Å². The minimum Gasteiger partial charge on any atom is -0.351 e. The Balaban J connectivity index is 1.62. The molecule has 0 bridgehead atoms. The maximum absolute atomic E-state index is 2.71. The Bertz CT molecular complexity index is 598. The molecule has 27 heavy (non-hydrogen) atoms. The number of hydrogen-bond donors (Lipinski definition) is 0. The van der Waals surface area contributed by atoms with Gasteiger partial charge in [0.05, 0.1) is 6.67 Å². The third-order valence-corrected chi connectivity index (χ3v) is 6.51. The molecule has 0 spiro atoms. The van der Waals surface area contributed by atoms with Gasteiger partial charge in [-0.25, -0.2) is 0 Å². The second-order valence-electron chi connectivity index (χ2n) is 8.34. The van der Waals surface area contributed by atoms with E-state index in [0.717, 1.165) is 6.67 Å². The first-order valence-electron chi connectivity index (χ1n) is 11.1. The number of rotatable bonds is 6. The van der Waals surface area contributed by atoms with Gasteiger partial charge in [0.15, 0.2) is 0 Å². The van der Waals surface area contributed by atoms with Crippen LogP contribution < -0.4 is 9.80 Å². The average molecular weight is 363 g/mol. The molecule has 2 aromatic rings. The van der Waals surface area contributed by atoms with Crippen molar-refractivity contribution in [2.24, 2.45) is 0 Å². The first-order valence-corrected chi connectivity index (χ1v) is 11.1. The number of anilines is 2. The molecule has 2 aliphatic carbocycles. The molecule has 144 valence electrons. The van der Waals surface area contributed by atoms with Gasteiger partial charge in [0, 0.05) is 23.5 Å². The molecule has 0 aromatic heterocycles. The van der Waals surface area contributed by atoms with Crippen LogP contribution in [0.3, 0.4) is 0 Å². The number of hydrogen-bond acceptors (Lipinski definition) is 2. The third kappa shape index (κ3) is 4.66. The van der Waals surface area contributed by atoms with Crippen LogP contribution in [0.5, 0.6) is 0 Å². The molecule has 0 amide bonds. The second kappa shape index (κ2) is 9.30. The van der Waals surface area contributed by atoms with E-state index in [1.165, 1.54) is 75.6 Å². The standard InChI is InChI=1S/C25H34N2/c1-5-13-22(14-6-1)26(23-15-7-2-8-16-23)21-27(24-17-9-3-10-18-24)25-19-11-4-12-20-25/h1,3,5-6,9-10,13-14,17-18,23,25H,2,4,7-8,11-12,15-16,19-21H2. The molecule has 2 heteroatoms. The van der Waals surface area contributed by atoms with Crippen LogP contribution in [-0.2, 0) is 0 Å². The zero-order valence-electron chi connectivity index (χ0n) is 16.6. The molecule has 2 aliphatic rings. The fourth-order valence-electron chi connectivity index (χ4n) is 5.00. The van der Waals surface area contributed by atoms with E-state index in [-0.39, 0.29) is 0 Å². The zero-order valence-corrected chi connectivity index (χ0v) is 16.6. The maximum Gasteiger partial charge on any atom is 0.0908 e. The van der Waals surface area contributed by atoms with Crippen molar-refractivity contribution < 1.29 is 0 Å². The molecule has 2 aromatic carbocycles.